The normalized spacial score (nSPS) is 18.9. The van der Waals surface area contributed by atoms with Crippen LogP contribution in [0.25, 0.3) is 0 Å². The summed E-state index contributed by atoms with van der Waals surface area (Å²) in [6, 6.07) is 2.08. The molecule has 1 aliphatic rings. The Kier molecular flexibility index (Phi) is 4.82. The van der Waals surface area contributed by atoms with Crippen LogP contribution in [-0.4, -0.2) is 30.1 Å². The van der Waals surface area contributed by atoms with Crippen molar-refractivity contribution in [3.05, 3.63) is 17.8 Å². The molecule has 0 radical (unpaired) electrons. The minimum atomic E-state index is -0.376. The van der Waals surface area contributed by atoms with Crippen LogP contribution in [-0.2, 0) is 4.74 Å². The van der Waals surface area contributed by atoms with Gasteiger partial charge in [0.05, 0.1) is 17.9 Å². The van der Waals surface area contributed by atoms with Gasteiger partial charge in [0.15, 0.2) is 5.82 Å². The van der Waals surface area contributed by atoms with Gasteiger partial charge >= 0.3 is 5.97 Å². The summed E-state index contributed by atoms with van der Waals surface area (Å²) >= 11 is 0. The second-order valence-corrected chi connectivity index (χ2v) is 5.07. The number of anilines is 2. The van der Waals surface area contributed by atoms with E-state index in [1.165, 1.54) is 6.42 Å². The van der Waals surface area contributed by atoms with Gasteiger partial charge in [0, 0.05) is 18.8 Å². The monoisotopic (exact) mass is 277 g/mol. The van der Waals surface area contributed by atoms with Gasteiger partial charge in [-0.15, -0.1) is 0 Å². The van der Waals surface area contributed by atoms with Crippen molar-refractivity contribution in [3.8, 4) is 0 Å². The molecule has 1 atom stereocenters. The van der Waals surface area contributed by atoms with E-state index in [0.717, 1.165) is 31.6 Å². The van der Waals surface area contributed by atoms with Crippen molar-refractivity contribution in [2.24, 2.45) is 0 Å². The van der Waals surface area contributed by atoms with Crippen molar-refractivity contribution in [2.75, 3.05) is 23.8 Å². The summed E-state index contributed by atoms with van der Waals surface area (Å²) in [5, 5.41) is 0. The quantitative estimate of drug-likeness (QED) is 0.857. The van der Waals surface area contributed by atoms with Gasteiger partial charge in [-0.3, -0.25) is 0 Å². The lowest BCUT2D eigenvalue weighted by Gasteiger charge is -2.37. The molecule has 2 N–H and O–H groups in total. The third kappa shape index (κ3) is 2.86. The maximum absolute atomic E-state index is 11.9. The van der Waals surface area contributed by atoms with Crippen molar-refractivity contribution < 1.29 is 9.53 Å². The molecule has 0 bridgehead atoms. The molecule has 1 aromatic rings. The smallest absolute Gasteiger partial charge is 0.340 e. The van der Waals surface area contributed by atoms with Gasteiger partial charge in [0.2, 0.25) is 0 Å². The molecule has 1 aliphatic heterocycles. The minimum Gasteiger partial charge on any atom is -0.462 e. The topological polar surface area (TPSA) is 68.5 Å². The Balaban J connectivity index is 2.32. The van der Waals surface area contributed by atoms with E-state index in [1.54, 1.807) is 19.2 Å². The highest BCUT2D eigenvalue weighted by atomic mass is 16.5. The molecule has 1 fully saturated rings. The van der Waals surface area contributed by atoms with Crippen LogP contribution in [0.2, 0.25) is 0 Å². The highest BCUT2D eigenvalue weighted by molar-refractivity contribution is 5.97. The molecule has 110 valence electrons. The largest absolute Gasteiger partial charge is 0.462 e. The van der Waals surface area contributed by atoms with Crippen LogP contribution < -0.4 is 10.6 Å². The summed E-state index contributed by atoms with van der Waals surface area (Å²) in [7, 11) is 0. The van der Waals surface area contributed by atoms with E-state index < -0.39 is 0 Å². The molecule has 20 heavy (non-hydrogen) atoms. The second-order valence-electron chi connectivity index (χ2n) is 5.07. The van der Waals surface area contributed by atoms with Gasteiger partial charge in [-0.25, -0.2) is 9.78 Å². The average molecular weight is 277 g/mol. The number of esters is 1. The standard InChI is InChI=1S/C15H23N3O2/c1-3-11-7-5-6-10-18(11)14-13(16)12(8-9-17-14)15(19)20-4-2/h8-9,11H,3-7,10,16H2,1-2H3. The first-order valence-corrected chi connectivity index (χ1v) is 7.37. The molecule has 0 aromatic carbocycles. The summed E-state index contributed by atoms with van der Waals surface area (Å²) in [4.78, 5) is 18.5. The number of pyridine rings is 1. The number of ether oxygens (including phenoxy) is 1. The van der Waals surface area contributed by atoms with E-state index in [9.17, 15) is 4.79 Å². The lowest BCUT2D eigenvalue weighted by Crippen LogP contribution is -2.40. The fraction of sp³-hybridized carbons (Fsp3) is 0.600. The number of carbonyl (C=O) groups excluding carboxylic acids is 1. The number of aromatic nitrogens is 1. The molecule has 0 amide bonds. The van der Waals surface area contributed by atoms with E-state index in [-0.39, 0.29) is 5.97 Å². The van der Waals surface area contributed by atoms with Crippen LogP contribution in [0.5, 0.6) is 0 Å². The summed E-state index contributed by atoms with van der Waals surface area (Å²) in [5.74, 6) is 0.348. The van der Waals surface area contributed by atoms with Crippen molar-refractivity contribution in [2.45, 2.75) is 45.6 Å². The summed E-state index contributed by atoms with van der Waals surface area (Å²) in [6.07, 6.45) is 6.24. The van der Waals surface area contributed by atoms with Gasteiger partial charge in [-0.2, -0.15) is 0 Å². The van der Waals surface area contributed by atoms with Crippen LogP contribution >= 0.6 is 0 Å². The van der Waals surface area contributed by atoms with Crippen LogP contribution in [0.4, 0.5) is 11.5 Å². The number of hydrogen-bond donors (Lipinski definition) is 1. The predicted molar refractivity (Wildman–Crippen MR) is 79.9 cm³/mol. The zero-order chi connectivity index (χ0) is 14.5. The zero-order valence-electron chi connectivity index (χ0n) is 12.3. The molecule has 2 rings (SSSR count). The van der Waals surface area contributed by atoms with Gasteiger partial charge in [0.25, 0.3) is 0 Å². The van der Waals surface area contributed by atoms with Crippen LogP contribution in [0.3, 0.4) is 0 Å². The van der Waals surface area contributed by atoms with E-state index in [0.29, 0.717) is 23.9 Å². The second kappa shape index (κ2) is 6.59. The fourth-order valence-corrected chi connectivity index (χ4v) is 2.78. The van der Waals surface area contributed by atoms with E-state index in [1.807, 2.05) is 0 Å². The summed E-state index contributed by atoms with van der Waals surface area (Å²) in [5.41, 5.74) is 7.01. The molecule has 0 aliphatic carbocycles. The van der Waals surface area contributed by atoms with Gasteiger partial charge in [-0.1, -0.05) is 6.92 Å². The first-order valence-electron chi connectivity index (χ1n) is 7.37. The molecule has 1 aromatic heterocycles. The third-order valence-electron chi connectivity index (χ3n) is 3.83. The van der Waals surface area contributed by atoms with E-state index >= 15 is 0 Å². The molecule has 2 heterocycles. The predicted octanol–water partition coefficient (Wildman–Crippen LogP) is 2.61. The van der Waals surface area contributed by atoms with Crippen molar-refractivity contribution >= 4 is 17.5 Å². The molecule has 1 unspecified atom stereocenters. The highest BCUT2D eigenvalue weighted by Crippen LogP contribution is 2.31. The number of hydrogen-bond acceptors (Lipinski definition) is 5. The molecule has 1 saturated heterocycles. The van der Waals surface area contributed by atoms with E-state index in [4.69, 9.17) is 10.5 Å². The van der Waals surface area contributed by atoms with Crippen molar-refractivity contribution in [1.29, 1.82) is 0 Å². The highest BCUT2D eigenvalue weighted by Gasteiger charge is 2.25. The number of nitrogens with zero attached hydrogens (tertiary/aromatic N) is 2. The molecule has 0 saturated carbocycles. The van der Waals surface area contributed by atoms with Crippen LogP contribution in [0.15, 0.2) is 12.3 Å². The molecule has 5 heteroatoms. The van der Waals surface area contributed by atoms with Crippen LogP contribution in [0.1, 0.15) is 49.9 Å². The Bertz CT molecular complexity index is 476. The van der Waals surface area contributed by atoms with Crippen molar-refractivity contribution in [1.82, 2.24) is 4.98 Å². The first kappa shape index (κ1) is 14.6. The Morgan fingerprint density at radius 3 is 3.00 bits per heavy atom. The number of rotatable bonds is 4. The SMILES string of the molecule is CCOC(=O)c1ccnc(N2CCCCC2CC)c1N. The lowest BCUT2D eigenvalue weighted by molar-refractivity contribution is 0.0527. The van der Waals surface area contributed by atoms with Gasteiger partial charge < -0.3 is 15.4 Å². The zero-order valence-corrected chi connectivity index (χ0v) is 12.3. The fourth-order valence-electron chi connectivity index (χ4n) is 2.78. The first-order chi connectivity index (χ1) is 9.69. The summed E-state index contributed by atoms with van der Waals surface area (Å²) in [6.45, 7) is 5.25. The minimum absolute atomic E-state index is 0.344. The van der Waals surface area contributed by atoms with E-state index in [2.05, 4.69) is 16.8 Å². The molecule has 5 nitrogen and oxygen atoms in total. The van der Waals surface area contributed by atoms with Gasteiger partial charge in [0.1, 0.15) is 0 Å². The van der Waals surface area contributed by atoms with Gasteiger partial charge in [-0.05, 0) is 38.7 Å². The molecule has 0 spiro atoms. The Morgan fingerprint density at radius 1 is 1.50 bits per heavy atom. The Morgan fingerprint density at radius 2 is 2.30 bits per heavy atom. The lowest BCUT2D eigenvalue weighted by atomic mass is 9.99. The molecular formula is C15H23N3O2. The van der Waals surface area contributed by atoms with Crippen LogP contribution in [0, 0.1) is 0 Å². The Hall–Kier alpha value is -1.78. The Labute approximate surface area is 120 Å². The number of piperidine rings is 1. The summed E-state index contributed by atoms with van der Waals surface area (Å²) < 4.78 is 5.04. The third-order valence-corrected chi connectivity index (χ3v) is 3.83. The number of nitrogens with two attached hydrogens (primary N) is 1. The number of carbonyl (C=O) groups is 1. The molecular weight excluding hydrogens is 254 g/mol. The maximum atomic E-state index is 11.9. The van der Waals surface area contributed by atoms with Crippen molar-refractivity contribution in [3.63, 3.8) is 0 Å². The number of nitrogen functional groups attached to an aromatic ring is 1. The maximum Gasteiger partial charge on any atom is 0.340 e. The average Bonchev–Trinajstić information content (AvgIpc) is 2.47.